The zero-order valence-corrected chi connectivity index (χ0v) is 13.5. The van der Waals surface area contributed by atoms with Crippen LogP contribution in [0, 0.1) is 0 Å². The molecule has 0 saturated carbocycles. The first-order valence-electron chi connectivity index (χ1n) is 7.43. The third-order valence-corrected chi connectivity index (χ3v) is 5.12. The summed E-state index contributed by atoms with van der Waals surface area (Å²) < 4.78 is 4.89. The fourth-order valence-electron chi connectivity index (χ4n) is 2.76. The van der Waals surface area contributed by atoms with Crippen LogP contribution in [-0.4, -0.2) is 24.1 Å². The Morgan fingerprint density at radius 2 is 1.87 bits per heavy atom. The monoisotopic (exact) mass is 331 g/mol. The Labute approximate surface area is 137 Å². The van der Waals surface area contributed by atoms with E-state index in [1.807, 2.05) is 0 Å². The summed E-state index contributed by atoms with van der Waals surface area (Å²) in [5.41, 5.74) is 1.92. The summed E-state index contributed by atoms with van der Waals surface area (Å²) in [5, 5.41) is 12.7. The number of methoxy groups -OCH3 is 1. The summed E-state index contributed by atoms with van der Waals surface area (Å²) in [6.07, 6.45) is 3.91. The number of benzene rings is 1. The number of ether oxygens (including phenoxy) is 1. The Morgan fingerprint density at radius 3 is 2.57 bits per heavy atom. The number of phenols is 1. The second kappa shape index (κ2) is 6.42. The average Bonchev–Trinajstić information content (AvgIpc) is 2.92. The second-order valence-electron chi connectivity index (χ2n) is 5.41. The number of amides is 1. The number of phenolic OH excluding ortho intramolecular Hbond substituents is 1. The molecular weight excluding hydrogens is 314 g/mol. The number of carbonyl (C=O) groups excluding carboxylic acids is 2. The highest BCUT2D eigenvalue weighted by atomic mass is 32.1. The number of hydrogen-bond acceptors (Lipinski definition) is 5. The van der Waals surface area contributed by atoms with E-state index >= 15 is 0 Å². The molecule has 0 radical (unpaired) electrons. The van der Waals surface area contributed by atoms with Crippen molar-refractivity contribution in [2.45, 2.75) is 25.7 Å². The number of aromatic hydroxyl groups is 1. The van der Waals surface area contributed by atoms with Crippen molar-refractivity contribution in [3.63, 3.8) is 0 Å². The van der Waals surface area contributed by atoms with Gasteiger partial charge in [0.05, 0.1) is 12.7 Å². The predicted molar refractivity (Wildman–Crippen MR) is 88.4 cm³/mol. The SMILES string of the molecule is COC(=O)c1c(NC(=O)c2ccc(O)cc2)sc2c1CCCC2. The number of thiophene rings is 1. The van der Waals surface area contributed by atoms with Crippen molar-refractivity contribution in [2.24, 2.45) is 0 Å². The van der Waals surface area contributed by atoms with Gasteiger partial charge in [0.1, 0.15) is 10.8 Å². The third-order valence-electron chi connectivity index (χ3n) is 3.92. The van der Waals surface area contributed by atoms with Gasteiger partial charge in [0.2, 0.25) is 0 Å². The molecule has 0 spiro atoms. The number of nitrogens with one attached hydrogen (secondary N) is 1. The molecule has 0 saturated heterocycles. The van der Waals surface area contributed by atoms with Crippen LogP contribution in [0.2, 0.25) is 0 Å². The first-order valence-corrected chi connectivity index (χ1v) is 8.25. The molecule has 2 aromatic rings. The molecule has 0 fully saturated rings. The molecule has 5 nitrogen and oxygen atoms in total. The summed E-state index contributed by atoms with van der Waals surface area (Å²) in [7, 11) is 1.35. The number of esters is 1. The standard InChI is InChI=1S/C17H17NO4S/c1-22-17(21)14-12-4-2-3-5-13(12)23-16(14)18-15(20)10-6-8-11(19)9-7-10/h6-9,19H,2-5H2,1H3,(H,18,20). The Kier molecular flexibility index (Phi) is 4.34. The Balaban J connectivity index is 1.93. The van der Waals surface area contributed by atoms with Gasteiger partial charge < -0.3 is 15.2 Å². The minimum absolute atomic E-state index is 0.100. The molecule has 1 aromatic carbocycles. The highest BCUT2D eigenvalue weighted by Gasteiger charge is 2.27. The van der Waals surface area contributed by atoms with Crippen LogP contribution in [0.3, 0.4) is 0 Å². The van der Waals surface area contributed by atoms with Gasteiger partial charge in [0.15, 0.2) is 0 Å². The van der Waals surface area contributed by atoms with Crippen LogP contribution in [0.15, 0.2) is 24.3 Å². The Bertz CT molecular complexity index is 749. The maximum Gasteiger partial charge on any atom is 0.341 e. The van der Waals surface area contributed by atoms with Crippen LogP contribution in [0.25, 0.3) is 0 Å². The molecule has 0 bridgehead atoms. The zero-order valence-electron chi connectivity index (χ0n) is 12.7. The Morgan fingerprint density at radius 1 is 1.17 bits per heavy atom. The van der Waals surface area contributed by atoms with Gasteiger partial charge in [-0.1, -0.05) is 0 Å². The molecule has 0 unspecified atom stereocenters. The van der Waals surface area contributed by atoms with Gasteiger partial charge in [0.25, 0.3) is 5.91 Å². The molecule has 0 aliphatic heterocycles. The topological polar surface area (TPSA) is 75.6 Å². The normalized spacial score (nSPS) is 13.3. The van der Waals surface area contributed by atoms with Crippen molar-refractivity contribution >= 4 is 28.2 Å². The summed E-state index contributed by atoms with van der Waals surface area (Å²) in [6.45, 7) is 0. The molecule has 6 heteroatoms. The lowest BCUT2D eigenvalue weighted by Crippen LogP contribution is -2.15. The minimum Gasteiger partial charge on any atom is -0.508 e. The van der Waals surface area contributed by atoms with Gasteiger partial charge in [-0.3, -0.25) is 4.79 Å². The maximum absolute atomic E-state index is 12.4. The number of rotatable bonds is 3. The lowest BCUT2D eigenvalue weighted by Gasteiger charge is -2.11. The summed E-state index contributed by atoms with van der Waals surface area (Å²) >= 11 is 1.45. The quantitative estimate of drug-likeness (QED) is 0.846. The molecule has 1 aliphatic rings. The largest absolute Gasteiger partial charge is 0.508 e. The van der Waals surface area contributed by atoms with Crippen LogP contribution in [0.1, 0.15) is 44.0 Å². The Hall–Kier alpha value is -2.34. The van der Waals surface area contributed by atoms with Crippen LogP contribution < -0.4 is 5.32 Å². The van der Waals surface area contributed by atoms with Gasteiger partial charge in [-0.05, 0) is 55.5 Å². The van der Waals surface area contributed by atoms with E-state index in [0.717, 1.165) is 36.1 Å². The molecule has 1 aliphatic carbocycles. The number of hydrogen-bond donors (Lipinski definition) is 2. The number of anilines is 1. The fraction of sp³-hybridized carbons (Fsp3) is 0.294. The zero-order chi connectivity index (χ0) is 16.4. The first-order chi connectivity index (χ1) is 11.1. The highest BCUT2D eigenvalue weighted by Crippen LogP contribution is 2.38. The lowest BCUT2D eigenvalue weighted by atomic mass is 9.95. The van der Waals surface area contributed by atoms with E-state index in [0.29, 0.717) is 16.1 Å². The van der Waals surface area contributed by atoms with Crippen molar-refractivity contribution in [3.05, 3.63) is 45.8 Å². The minimum atomic E-state index is -0.412. The molecule has 1 aromatic heterocycles. The van der Waals surface area contributed by atoms with E-state index in [9.17, 15) is 14.7 Å². The molecule has 2 N–H and O–H groups in total. The van der Waals surface area contributed by atoms with Crippen LogP contribution in [-0.2, 0) is 17.6 Å². The third kappa shape index (κ3) is 3.07. The van der Waals surface area contributed by atoms with E-state index in [1.54, 1.807) is 0 Å². The van der Waals surface area contributed by atoms with E-state index in [1.165, 1.54) is 42.7 Å². The van der Waals surface area contributed by atoms with Crippen LogP contribution in [0.4, 0.5) is 5.00 Å². The van der Waals surface area contributed by atoms with Gasteiger partial charge in [-0.25, -0.2) is 4.79 Å². The van der Waals surface area contributed by atoms with Crippen molar-refractivity contribution in [2.75, 3.05) is 12.4 Å². The van der Waals surface area contributed by atoms with E-state index < -0.39 is 5.97 Å². The second-order valence-corrected chi connectivity index (χ2v) is 6.51. The van der Waals surface area contributed by atoms with Crippen molar-refractivity contribution < 1.29 is 19.4 Å². The number of aryl methyl sites for hydroxylation is 1. The maximum atomic E-state index is 12.4. The van der Waals surface area contributed by atoms with E-state index in [2.05, 4.69) is 5.32 Å². The van der Waals surface area contributed by atoms with Crippen molar-refractivity contribution in [1.82, 2.24) is 0 Å². The van der Waals surface area contributed by atoms with Crippen LogP contribution in [0.5, 0.6) is 5.75 Å². The number of fused-ring (bicyclic) bond motifs is 1. The highest BCUT2D eigenvalue weighted by molar-refractivity contribution is 7.17. The number of carbonyl (C=O) groups is 2. The molecule has 3 rings (SSSR count). The smallest absolute Gasteiger partial charge is 0.341 e. The summed E-state index contributed by atoms with van der Waals surface area (Å²) in [4.78, 5) is 25.6. The molecule has 1 amide bonds. The predicted octanol–water partition coefficient (Wildman–Crippen LogP) is 3.37. The van der Waals surface area contributed by atoms with Crippen LogP contribution >= 0.6 is 11.3 Å². The summed E-state index contributed by atoms with van der Waals surface area (Å²) in [6, 6.07) is 5.98. The molecular formula is C17H17NO4S. The fourth-order valence-corrected chi connectivity index (χ4v) is 4.03. The molecule has 120 valence electrons. The van der Waals surface area contributed by atoms with E-state index in [-0.39, 0.29) is 11.7 Å². The van der Waals surface area contributed by atoms with Gasteiger partial charge in [-0.15, -0.1) is 11.3 Å². The van der Waals surface area contributed by atoms with Crippen molar-refractivity contribution in [1.29, 1.82) is 0 Å². The molecule has 0 atom stereocenters. The van der Waals surface area contributed by atoms with E-state index in [4.69, 9.17) is 4.74 Å². The average molecular weight is 331 g/mol. The lowest BCUT2D eigenvalue weighted by molar-refractivity contribution is 0.0601. The molecule has 1 heterocycles. The summed E-state index contributed by atoms with van der Waals surface area (Å²) in [5.74, 6) is -0.623. The van der Waals surface area contributed by atoms with Gasteiger partial charge >= 0.3 is 5.97 Å². The first kappa shape index (κ1) is 15.6. The van der Waals surface area contributed by atoms with Gasteiger partial charge in [0, 0.05) is 10.4 Å². The van der Waals surface area contributed by atoms with Crippen molar-refractivity contribution in [3.8, 4) is 5.75 Å². The van der Waals surface area contributed by atoms with Gasteiger partial charge in [-0.2, -0.15) is 0 Å². The molecule has 23 heavy (non-hydrogen) atoms.